The molecule has 0 bridgehead atoms. The summed E-state index contributed by atoms with van der Waals surface area (Å²) in [5.74, 6) is -7.35. The van der Waals surface area contributed by atoms with Crippen LogP contribution in [0, 0.1) is 5.92 Å². The zero-order valence-corrected chi connectivity index (χ0v) is 16.9. The number of fused-ring (bicyclic) bond motifs is 1. The van der Waals surface area contributed by atoms with Gasteiger partial charge < -0.3 is 19.5 Å². The molecule has 1 saturated heterocycles. The largest absolute Gasteiger partial charge is 0.471 e. The lowest BCUT2D eigenvalue weighted by atomic mass is 10.0. The van der Waals surface area contributed by atoms with Crippen LogP contribution in [0.3, 0.4) is 0 Å². The fraction of sp³-hybridized carbons (Fsp3) is 0.500. The van der Waals surface area contributed by atoms with E-state index in [1.54, 1.807) is 6.07 Å². The van der Waals surface area contributed by atoms with E-state index in [2.05, 4.69) is 20.0 Å². The highest BCUT2D eigenvalue weighted by Gasteiger charge is 2.61. The van der Waals surface area contributed by atoms with E-state index < -0.39 is 54.2 Å². The summed E-state index contributed by atoms with van der Waals surface area (Å²) in [5.41, 5.74) is 1.07. The number of aromatic nitrogens is 2. The van der Waals surface area contributed by atoms with E-state index in [1.165, 1.54) is 17.0 Å². The molecule has 2 fully saturated rings. The van der Waals surface area contributed by atoms with Crippen LogP contribution in [0.5, 0.6) is 0 Å². The highest BCUT2D eigenvalue weighted by atomic mass is 19.4. The van der Waals surface area contributed by atoms with Gasteiger partial charge in [-0.05, 0) is 18.1 Å². The van der Waals surface area contributed by atoms with Crippen molar-refractivity contribution in [2.75, 3.05) is 13.2 Å². The molecule has 176 valence electrons. The molecule has 1 aliphatic carbocycles. The number of carbonyl (C=O) groups excluding carboxylic acids is 2. The van der Waals surface area contributed by atoms with E-state index in [9.17, 15) is 31.5 Å². The first kappa shape index (κ1) is 21.7. The van der Waals surface area contributed by atoms with Gasteiger partial charge in [0, 0.05) is 30.7 Å². The Balaban J connectivity index is 1.34. The molecule has 1 N–H and O–H groups in total. The minimum Gasteiger partial charge on any atom is -0.379 e. The van der Waals surface area contributed by atoms with Crippen molar-refractivity contribution in [3.63, 3.8) is 0 Å². The highest BCUT2D eigenvalue weighted by molar-refractivity contribution is 5.99. The van der Waals surface area contributed by atoms with Gasteiger partial charge in [0.2, 0.25) is 11.7 Å². The lowest BCUT2D eigenvalue weighted by Crippen LogP contribution is -2.57. The van der Waals surface area contributed by atoms with Gasteiger partial charge in [-0.2, -0.15) is 18.2 Å². The monoisotopic (exact) mass is 472 g/mol. The van der Waals surface area contributed by atoms with Crippen molar-refractivity contribution in [2.45, 2.75) is 43.6 Å². The molecular formula is C20H17F5N4O4. The van der Waals surface area contributed by atoms with Crippen molar-refractivity contribution >= 4 is 11.8 Å². The summed E-state index contributed by atoms with van der Waals surface area (Å²) in [6.07, 6.45) is -4.90. The molecule has 3 heterocycles. The number of rotatable bonds is 4. The number of amides is 2. The second-order valence-corrected chi connectivity index (χ2v) is 8.29. The summed E-state index contributed by atoms with van der Waals surface area (Å²) in [6.45, 7) is 0.597. The maximum absolute atomic E-state index is 13.2. The number of carbonyl (C=O) groups is 2. The molecule has 1 saturated carbocycles. The lowest BCUT2D eigenvalue weighted by Gasteiger charge is -2.38. The summed E-state index contributed by atoms with van der Waals surface area (Å²) in [6, 6.07) is 3.32. The predicted molar refractivity (Wildman–Crippen MR) is 98.8 cm³/mol. The number of hydrogen-bond donors (Lipinski definition) is 1. The van der Waals surface area contributed by atoms with Crippen LogP contribution in [0.4, 0.5) is 22.0 Å². The van der Waals surface area contributed by atoms with E-state index in [0.717, 1.165) is 0 Å². The second kappa shape index (κ2) is 7.47. The fourth-order valence-electron chi connectivity index (χ4n) is 4.20. The Morgan fingerprint density at radius 2 is 2.03 bits per heavy atom. The molecule has 13 heteroatoms. The summed E-state index contributed by atoms with van der Waals surface area (Å²) in [5, 5.41) is 5.92. The van der Waals surface area contributed by atoms with Gasteiger partial charge in [-0.3, -0.25) is 9.59 Å². The molecular weight excluding hydrogens is 455 g/mol. The van der Waals surface area contributed by atoms with Crippen molar-refractivity contribution in [3.8, 4) is 11.4 Å². The van der Waals surface area contributed by atoms with Crippen molar-refractivity contribution in [1.29, 1.82) is 0 Å². The first-order valence-corrected chi connectivity index (χ1v) is 10.2. The number of halogens is 5. The third-order valence-corrected chi connectivity index (χ3v) is 6.06. The van der Waals surface area contributed by atoms with Crippen LogP contribution in [0.1, 0.15) is 34.7 Å². The molecule has 2 aromatic rings. The van der Waals surface area contributed by atoms with Crippen molar-refractivity contribution in [3.05, 3.63) is 35.2 Å². The molecule has 3 atom stereocenters. The Kier molecular flexibility index (Phi) is 4.92. The zero-order valence-electron chi connectivity index (χ0n) is 16.9. The standard InChI is InChI=1S/C20H17F5N4O4/c21-19(22)6-12(19)16(30)26-13-8-32-4-3-14(13)29-7-10-2-1-9(5-11(10)17(29)31)15-27-18(33-28-15)20(23,24)25/h1-2,5,12-14H,3-4,6-8H2,(H,26,30)/t12-,13+,14?/m1/s1. The number of alkyl halides is 5. The molecule has 33 heavy (non-hydrogen) atoms. The fourth-order valence-corrected chi connectivity index (χ4v) is 4.20. The van der Waals surface area contributed by atoms with Gasteiger partial charge in [0.05, 0.1) is 18.7 Å². The number of nitrogens with zero attached hydrogens (tertiary/aromatic N) is 3. The molecule has 1 unspecified atom stereocenters. The summed E-state index contributed by atoms with van der Waals surface area (Å²) >= 11 is 0. The van der Waals surface area contributed by atoms with E-state index >= 15 is 0 Å². The Hall–Kier alpha value is -3.09. The molecule has 5 rings (SSSR count). The SMILES string of the molecule is O=C(N[C@H]1COCCC1N1Cc2ccc(-c3noc(C(F)(F)F)n3)cc2C1=O)[C@H]1CC1(F)F. The zero-order chi connectivity index (χ0) is 23.5. The third kappa shape index (κ3) is 3.94. The molecule has 0 radical (unpaired) electrons. The molecule has 1 aromatic heterocycles. The van der Waals surface area contributed by atoms with Gasteiger partial charge in [0.1, 0.15) is 5.92 Å². The van der Waals surface area contributed by atoms with Crippen molar-refractivity contribution in [2.24, 2.45) is 5.92 Å². The van der Waals surface area contributed by atoms with Crippen LogP contribution < -0.4 is 5.32 Å². The van der Waals surface area contributed by atoms with Crippen LogP contribution >= 0.6 is 0 Å². The molecule has 0 spiro atoms. The van der Waals surface area contributed by atoms with Crippen LogP contribution in [0.25, 0.3) is 11.4 Å². The highest BCUT2D eigenvalue weighted by Crippen LogP contribution is 2.48. The Morgan fingerprint density at radius 3 is 2.70 bits per heavy atom. The minimum absolute atomic E-state index is 0.0726. The number of hydrogen-bond acceptors (Lipinski definition) is 6. The van der Waals surface area contributed by atoms with Gasteiger partial charge in [-0.1, -0.05) is 17.3 Å². The van der Waals surface area contributed by atoms with Gasteiger partial charge in [0.25, 0.3) is 11.8 Å². The normalized spacial score (nSPS) is 26.3. The molecule has 8 nitrogen and oxygen atoms in total. The minimum atomic E-state index is -4.79. The topological polar surface area (TPSA) is 97.6 Å². The maximum atomic E-state index is 13.2. The molecule has 3 aliphatic rings. The van der Waals surface area contributed by atoms with Gasteiger partial charge in [-0.15, -0.1) is 0 Å². The molecule has 2 amide bonds. The Labute approximate surface area is 183 Å². The summed E-state index contributed by atoms with van der Waals surface area (Å²) in [4.78, 5) is 30.2. The quantitative estimate of drug-likeness (QED) is 0.688. The van der Waals surface area contributed by atoms with E-state index in [4.69, 9.17) is 4.74 Å². The van der Waals surface area contributed by atoms with Gasteiger partial charge in [0.15, 0.2) is 0 Å². The van der Waals surface area contributed by atoms with Crippen LogP contribution in [-0.4, -0.2) is 58.1 Å². The first-order chi connectivity index (χ1) is 15.5. The second-order valence-electron chi connectivity index (χ2n) is 8.29. The van der Waals surface area contributed by atoms with E-state index in [0.29, 0.717) is 18.6 Å². The van der Waals surface area contributed by atoms with Gasteiger partial charge in [-0.25, -0.2) is 8.78 Å². The number of nitrogens with one attached hydrogen (secondary N) is 1. The van der Waals surface area contributed by atoms with Crippen LogP contribution in [-0.2, 0) is 22.3 Å². The van der Waals surface area contributed by atoms with E-state index in [1.807, 2.05) is 0 Å². The van der Waals surface area contributed by atoms with Crippen LogP contribution in [0.15, 0.2) is 22.7 Å². The Morgan fingerprint density at radius 1 is 1.27 bits per heavy atom. The van der Waals surface area contributed by atoms with Crippen LogP contribution in [0.2, 0.25) is 0 Å². The van der Waals surface area contributed by atoms with Crippen molar-refractivity contribution in [1.82, 2.24) is 20.4 Å². The van der Waals surface area contributed by atoms with Gasteiger partial charge >= 0.3 is 12.1 Å². The average molecular weight is 472 g/mol. The molecule has 1 aromatic carbocycles. The lowest BCUT2D eigenvalue weighted by molar-refractivity contribution is -0.159. The average Bonchev–Trinajstić information content (AvgIpc) is 3.09. The van der Waals surface area contributed by atoms with E-state index in [-0.39, 0.29) is 30.1 Å². The van der Waals surface area contributed by atoms with Crippen molar-refractivity contribution < 1.29 is 40.8 Å². The molecule has 2 aliphatic heterocycles. The number of ether oxygens (including phenoxy) is 1. The maximum Gasteiger partial charge on any atom is 0.471 e. The number of benzene rings is 1. The first-order valence-electron chi connectivity index (χ1n) is 10.2. The third-order valence-electron chi connectivity index (χ3n) is 6.06. The predicted octanol–water partition coefficient (Wildman–Crippen LogP) is 2.64. The Bertz CT molecular complexity index is 1120. The smallest absolute Gasteiger partial charge is 0.379 e. The summed E-state index contributed by atoms with van der Waals surface area (Å²) < 4.78 is 74.4. The summed E-state index contributed by atoms with van der Waals surface area (Å²) in [7, 11) is 0.